The Hall–Kier alpha value is -1.88. The third-order valence-corrected chi connectivity index (χ3v) is 3.94. The lowest BCUT2D eigenvalue weighted by Gasteiger charge is -2.20. The van der Waals surface area contributed by atoms with Crippen molar-refractivity contribution < 1.29 is 9.47 Å². The maximum absolute atomic E-state index is 5.82. The van der Waals surface area contributed by atoms with Crippen LogP contribution in [0.4, 0.5) is 0 Å². The van der Waals surface area contributed by atoms with Crippen molar-refractivity contribution >= 4 is 0 Å². The quantitative estimate of drug-likeness (QED) is 0.669. The molecule has 2 aromatic carbocycles. The molecule has 0 aliphatic carbocycles. The first-order valence-corrected chi connectivity index (χ1v) is 7.03. The molecular weight excluding hydrogens is 264 g/mol. The number of fused-ring (bicyclic) bond motifs is 1. The summed E-state index contributed by atoms with van der Waals surface area (Å²) in [7, 11) is 1.68. The number of hydrogen-bond acceptors (Lipinski definition) is 4. The van der Waals surface area contributed by atoms with E-state index < -0.39 is 0 Å². The molecule has 0 bridgehead atoms. The van der Waals surface area contributed by atoms with Crippen LogP contribution in [0.25, 0.3) is 0 Å². The van der Waals surface area contributed by atoms with Crippen LogP contribution >= 0.6 is 0 Å². The normalized spacial score (nSPS) is 14.8. The van der Waals surface area contributed by atoms with Gasteiger partial charge >= 0.3 is 0 Å². The Morgan fingerprint density at radius 3 is 2.71 bits per heavy atom. The van der Waals surface area contributed by atoms with Crippen molar-refractivity contribution in [2.24, 2.45) is 5.84 Å². The molecule has 0 radical (unpaired) electrons. The summed E-state index contributed by atoms with van der Waals surface area (Å²) in [5.74, 6) is 6.65. The number of methoxy groups -OCH3 is 1. The molecule has 0 amide bonds. The minimum Gasteiger partial charge on any atom is -0.496 e. The highest BCUT2D eigenvalue weighted by molar-refractivity contribution is 5.45. The van der Waals surface area contributed by atoms with E-state index in [9.17, 15) is 0 Å². The van der Waals surface area contributed by atoms with Gasteiger partial charge in [-0.2, -0.15) is 0 Å². The molecule has 2 aromatic rings. The molecule has 1 heterocycles. The molecule has 0 saturated carbocycles. The molecule has 21 heavy (non-hydrogen) atoms. The third kappa shape index (κ3) is 2.65. The number of nitrogens with one attached hydrogen (secondary N) is 1. The molecule has 3 N–H and O–H groups in total. The highest BCUT2D eigenvalue weighted by Gasteiger charge is 2.20. The summed E-state index contributed by atoms with van der Waals surface area (Å²) in [5, 5.41) is 0. The summed E-state index contributed by atoms with van der Waals surface area (Å²) < 4.78 is 11.0. The first-order valence-electron chi connectivity index (χ1n) is 7.03. The fourth-order valence-electron chi connectivity index (χ4n) is 2.82. The molecule has 110 valence electrons. The van der Waals surface area contributed by atoms with E-state index in [2.05, 4.69) is 36.6 Å². The van der Waals surface area contributed by atoms with Crippen molar-refractivity contribution in [3.05, 3.63) is 64.2 Å². The van der Waals surface area contributed by atoms with Crippen LogP contribution < -0.4 is 16.0 Å². The van der Waals surface area contributed by atoms with Gasteiger partial charge in [0.15, 0.2) is 0 Å². The van der Waals surface area contributed by atoms with Crippen molar-refractivity contribution in [1.29, 1.82) is 0 Å². The fraction of sp³-hybridized carbons (Fsp3) is 0.294. The Bertz CT molecular complexity index is 655. The molecule has 4 nitrogen and oxygen atoms in total. The van der Waals surface area contributed by atoms with E-state index in [4.69, 9.17) is 15.3 Å². The summed E-state index contributed by atoms with van der Waals surface area (Å²) in [4.78, 5) is 0. The second-order valence-corrected chi connectivity index (χ2v) is 5.37. The number of hydrazine groups is 1. The zero-order chi connectivity index (χ0) is 14.8. The van der Waals surface area contributed by atoms with Gasteiger partial charge in [0.25, 0.3) is 0 Å². The number of rotatable bonds is 4. The number of ether oxygens (including phenoxy) is 2. The lowest BCUT2D eigenvalue weighted by Crippen LogP contribution is -2.29. The maximum atomic E-state index is 5.82. The summed E-state index contributed by atoms with van der Waals surface area (Å²) in [6.45, 7) is 3.43. The number of aryl methyl sites for hydroxylation is 1. The van der Waals surface area contributed by atoms with Gasteiger partial charge in [0.1, 0.15) is 5.75 Å². The predicted octanol–water partition coefficient (Wildman–Crippen LogP) is 2.59. The first-order chi connectivity index (χ1) is 10.2. The fourth-order valence-corrected chi connectivity index (χ4v) is 2.82. The third-order valence-electron chi connectivity index (χ3n) is 3.94. The second kappa shape index (κ2) is 5.85. The Labute approximate surface area is 124 Å². The number of nitrogens with two attached hydrogens (primary N) is 1. The molecule has 0 saturated heterocycles. The summed E-state index contributed by atoms with van der Waals surface area (Å²) in [5.41, 5.74) is 8.73. The Morgan fingerprint density at radius 1 is 1.14 bits per heavy atom. The molecule has 1 unspecified atom stereocenters. The molecule has 0 fully saturated rings. The standard InChI is InChI=1S/C17H20N2O2/c1-11-3-6-16(20-2)15(7-11)17(19-18)12-4-5-13-9-21-10-14(13)8-12/h3-8,17,19H,9-10,18H2,1-2H3. The summed E-state index contributed by atoms with van der Waals surface area (Å²) >= 11 is 0. The van der Waals surface area contributed by atoms with Crippen LogP contribution in [0.3, 0.4) is 0 Å². The van der Waals surface area contributed by atoms with Gasteiger partial charge < -0.3 is 9.47 Å². The predicted molar refractivity (Wildman–Crippen MR) is 81.8 cm³/mol. The van der Waals surface area contributed by atoms with Crippen molar-refractivity contribution in [2.75, 3.05) is 7.11 Å². The molecule has 3 rings (SSSR count). The average Bonchev–Trinajstić information content (AvgIpc) is 2.96. The van der Waals surface area contributed by atoms with Crippen LogP contribution in [0.2, 0.25) is 0 Å². The summed E-state index contributed by atoms with van der Waals surface area (Å²) in [6, 6.07) is 12.4. The van der Waals surface area contributed by atoms with Crippen LogP contribution in [-0.4, -0.2) is 7.11 Å². The van der Waals surface area contributed by atoms with Gasteiger partial charge in [0.2, 0.25) is 0 Å². The smallest absolute Gasteiger partial charge is 0.124 e. The van der Waals surface area contributed by atoms with Gasteiger partial charge in [0, 0.05) is 5.56 Å². The molecule has 1 aliphatic heterocycles. The molecule has 1 atom stereocenters. The van der Waals surface area contributed by atoms with Gasteiger partial charge in [-0.05, 0) is 29.7 Å². The van der Waals surface area contributed by atoms with E-state index in [0.29, 0.717) is 13.2 Å². The van der Waals surface area contributed by atoms with Crippen molar-refractivity contribution in [2.45, 2.75) is 26.2 Å². The zero-order valence-electron chi connectivity index (χ0n) is 12.3. The van der Waals surface area contributed by atoms with E-state index in [1.807, 2.05) is 12.1 Å². The van der Waals surface area contributed by atoms with E-state index in [0.717, 1.165) is 16.9 Å². The molecule has 0 aromatic heterocycles. The van der Waals surface area contributed by atoms with Crippen molar-refractivity contribution in [3.63, 3.8) is 0 Å². The minimum atomic E-state index is -0.106. The highest BCUT2D eigenvalue weighted by Crippen LogP contribution is 2.32. The van der Waals surface area contributed by atoms with Crippen LogP contribution in [-0.2, 0) is 18.0 Å². The van der Waals surface area contributed by atoms with E-state index in [1.54, 1.807) is 7.11 Å². The topological polar surface area (TPSA) is 56.5 Å². The Kier molecular flexibility index (Phi) is 3.92. The van der Waals surface area contributed by atoms with E-state index >= 15 is 0 Å². The molecule has 1 aliphatic rings. The van der Waals surface area contributed by atoms with Gasteiger partial charge in [-0.3, -0.25) is 5.84 Å². The van der Waals surface area contributed by atoms with Crippen molar-refractivity contribution in [3.8, 4) is 5.75 Å². The van der Waals surface area contributed by atoms with Crippen LogP contribution in [0, 0.1) is 6.92 Å². The minimum absolute atomic E-state index is 0.106. The lowest BCUT2D eigenvalue weighted by molar-refractivity contribution is 0.134. The molecule has 4 heteroatoms. The van der Waals surface area contributed by atoms with Crippen LogP contribution in [0.1, 0.15) is 33.9 Å². The largest absolute Gasteiger partial charge is 0.496 e. The van der Waals surface area contributed by atoms with Gasteiger partial charge in [-0.15, -0.1) is 0 Å². The number of benzene rings is 2. The Balaban J connectivity index is 2.04. The van der Waals surface area contributed by atoms with Crippen LogP contribution in [0.5, 0.6) is 5.75 Å². The Morgan fingerprint density at radius 2 is 1.95 bits per heavy atom. The zero-order valence-corrected chi connectivity index (χ0v) is 12.3. The first kappa shape index (κ1) is 14.1. The molecule has 0 spiro atoms. The SMILES string of the molecule is COc1ccc(C)cc1C(NN)c1ccc2c(c1)COC2. The van der Waals surface area contributed by atoms with Crippen molar-refractivity contribution in [1.82, 2.24) is 5.43 Å². The highest BCUT2D eigenvalue weighted by atomic mass is 16.5. The lowest BCUT2D eigenvalue weighted by atomic mass is 9.94. The van der Waals surface area contributed by atoms with Gasteiger partial charge in [-0.1, -0.05) is 35.9 Å². The van der Waals surface area contributed by atoms with Gasteiger partial charge in [-0.25, -0.2) is 5.43 Å². The van der Waals surface area contributed by atoms with Gasteiger partial charge in [0.05, 0.1) is 26.4 Å². The summed E-state index contributed by atoms with van der Waals surface area (Å²) in [6.07, 6.45) is 0. The van der Waals surface area contributed by atoms with Crippen LogP contribution in [0.15, 0.2) is 36.4 Å². The maximum Gasteiger partial charge on any atom is 0.124 e. The molecular formula is C17H20N2O2. The van der Waals surface area contributed by atoms with E-state index in [-0.39, 0.29) is 6.04 Å². The van der Waals surface area contributed by atoms with E-state index in [1.165, 1.54) is 16.7 Å². The average molecular weight is 284 g/mol. The number of hydrogen-bond donors (Lipinski definition) is 2. The monoisotopic (exact) mass is 284 g/mol. The second-order valence-electron chi connectivity index (χ2n) is 5.37.